The molecule has 0 spiro atoms. The minimum Gasteiger partial charge on any atom is -0.309 e. The lowest BCUT2D eigenvalue weighted by Gasteiger charge is -2.30. The maximum Gasteiger partial charge on any atom is 0.418 e. The molecule has 12 heteroatoms. The summed E-state index contributed by atoms with van der Waals surface area (Å²) in [6, 6.07) is -1.69. The molecule has 0 aliphatic carbocycles. The van der Waals surface area contributed by atoms with Crippen LogP contribution >= 0.6 is 11.8 Å². The van der Waals surface area contributed by atoms with Gasteiger partial charge in [-0.05, 0) is 37.2 Å². The molecule has 0 unspecified atom stereocenters. The van der Waals surface area contributed by atoms with Crippen LogP contribution in [0, 0.1) is 0 Å². The fourth-order valence-corrected chi connectivity index (χ4v) is 4.70. The zero-order valence-electron chi connectivity index (χ0n) is 12.9. The molecule has 0 aromatic heterocycles. The molecule has 3 heterocycles. The molecule has 136 valence electrons. The van der Waals surface area contributed by atoms with E-state index >= 15 is 0 Å². The van der Waals surface area contributed by atoms with E-state index in [9.17, 15) is 18.0 Å². The van der Waals surface area contributed by atoms with Crippen LogP contribution in [0.3, 0.4) is 0 Å². The number of carbonyl (C=O) groups excluding carboxylic acids is 2. The highest BCUT2D eigenvalue weighted by molar-refractivity contribution is 7.99. The molecule has 3 amide bonds. The summed E-state index contributed by atoms with van der Waals surface area (Å²) in [5.74, 6) is 1.77. The molecule has 3 saturated heterocycles. The molecule has 24 heavy (non-hydrogen) atoms. The Morgan fingerprint density at radius 2 is 1.96 bits per heavy atom. The van der Waals surface area contributed by atoms with Crippen LogP contribution in [-0.2, 0) is 19.5 Å². The zero-order valence-corrected chi connectivity index (χ0v) is 14.5. The van der Waals surface area contributed by atoms with Crippen LogP contribution in [0.25, 0.3) is 0 Å². The summed E-state index contributed by atoms with van der Waals surface area (Å²) in [5.41, 5.74) is 5.68. The first-order valence-electron chi connectivity index (χ1n) is 7.75. The minimum absolute atomic E-state index is 0.187. The molecular formula is C12H20N4O6S2. The second-order valence-corrected chi connectivity index (χ2v) is 8.26. The fourth-order valence-electron chi connectivity index (χ4n) is 3.20. The lowest BCUT2D eigenvalue weighted by molar-refractivity contribution is -0.127. The van der Waals surface area contributed by atoms with Crippen molar-refractivity contribution in [3.63, 3.8) is 0 Å². The molecule has 3 aliphatic heterocycles. The van der Waals surface area contributed by atoms with Crippen molar-refractivity contribution in [3.05, 3.63) is 0 Å². The Balaban J connectivity index is 1.58. The number of carbonyl (C=O) groups is 2. The van der Waals surface area contributed by atoms with E-state index in [1.54, 1.807) is 0 Å². The number of nitrogens with zero attached hydrogens (tertiary/aromatic N) is 2. The number of thioether (sulfide) groups is 1. The lowest BCUT2D eigenvalue weighted by atomic mass is 10.0. The van der Waals surface area contributed by atoms with E-state index in [1.165, 1.54) is 4.90 Å². The number of amides is 3. The smallest absolute Gasteiger partial charge is 0.309 e. The van der Waals surface area contributed by atoms with Gasteiger partial charge in [-0.25, -0.2) is 10.2 Å². The standard InChI is InChI=1S/C12H20N4O6S2/c17-11(14-13-8-3-5-23-6-4-8)10-2-1-9-7-15(10)12(18)16(9)22-24(19,20)21/h8-10,13H,1-7H2,(H,14,17)(H,19,20,21)/t9-,10+/m0/s1. The van der Waals surface area contributed by atoms with Crippen LogP contribution in [0.15, 0.2) is 0 Å². The first kappa shape index (κ1) is 17.7. The van der Waals surface area contributed by atoms with Gasteiger partial charge in [0.15, 0.2) is 0 Å². The molecule has 0 aromatic carbocycles. The van der Waals surface area contributed by atoms with Crippen LogP contribution in [0.4, 0.5) is 4.79 Å². The van der Waals surface area contributed by atoms with Gasteiger partial charge in [0.05, 0.1) is 6.04 Å². The van der Waals surface area contributed by atoms with Crippen LogP contribution in [0.1, 0.15) is 25.7 Å². The Bertz CT molecular complexity index is 609. The van der Waals surface area contributed by atoms with Crippen molar-refractivity contribution in [3.8, 4) is 0 Å². The fraction of sp³-hybridized carbons (Fsp3) is 0.833. The Labute approximate surface area is 144 Å². The second kappa shape index (κ2) is 7.04. The number of fused-ring (bicyclic) bond motifs is 2. The van der Waals surface area contributed by atoms with Gasteiger partial charge in [-0.3, -0.25) is 14.8 Å². The maximum absolute atomic E-state index is 12.4. The van der Waals surface area contributed by atoms with Gasteiger partial charge in [0.1, 0.15) is 6.04 Å². The summed E-state index contributed by atoms with van der Waals surface area (Å²) in [7, 11) is -4.78. The van der Waals surface area contributed by atoms with Gasteiger partial charge in [0, 0.05) is 12.6 Å². The molecular weight excluding hydrogens is 360 g/mol. The number of hydrogen-bond donors (Lipinski definition) is 3. The number of hydrogen-bond acceptors (Lipinski definition) is 7. The van der Waals surface area contributed by atoms with Crippen molar-refractivity contribution >= 4 is 34.1 Å². The van der Waals surface area contributed by atoms with Gasteiger partial charge in [-0.1, -0.05) is 0 Å². The van der Waals surface area contributed by atoms with Gasteiger partial charge in [0.25, 0.3) is 5.91 Å². The third kappa shape index (κ3) is 3.94. The molecule has 0 aromatic rings. The molecule has 0 saturated carbocycles. The molecule has 0 radical (unpaired) electrons. The quantitative estimate of drug-likeness (QED) is 0.430. The first-order valence-corrected chi connectivity index (χ1v) is 10.3. The predicted octanol–water partition coefficient (Wildman–Crippen LogP) is -0.494. The summed E-state index contributed by atoms with van der Waals surface area (Å²) >= 11 is 1.88. The van der Waals surface area contributed by atoms with Crippen LogP contribution in [0.2, 0.25) is 0 Å². The summed E-state index contributed by atoms with van der Waals surface area (Å²) < 4.78 is 34.8. The average Bonchev–Trinajstić information content (AvgIpc) is 2.77. The van der Waals surface area contributed by atoms with Crippen molar-refractivity contribution in [2.45, 2.75) is 43.8 Å². The SMILES string of the molecule is O=C(NNC1CCSCC1)[C@H]1CC[C@H]2CN1C(=O)N2OS(=O)(=O)O. The van der Waals surface area contributed by atoms with Crippen molar-refractivity contribution < 1.29 is 26.8 Å². The number of nitrogens with one attached hydrogen (secondary N) is 2. The first-order chi connectivity index (χ1) is 11.3. The Hall–Kier alpha value is -1.08. The monoisotopic (exact) mass is 380 g/mol. The largest absolute Gasteiger partial charge is 0.418 e. The van der Waals surface area contributed by atoms with Gasteiger partial charge in [-0.15, -0.1) is 4.28 Å². The third-order valence-electron chi connectivity index (χ3n) is 4.42. The highest BCUT2D eigenvalue weighted by atomic mass is 32.3. The summed E-state index contributed by atoms with van der Waals surface area (Å²) in [4.78, 5) is 25.9. The number of urea groups is 1. The molecule has 3 fully saturated rings. The van der Waals surface area contributed by atoms with Gasteiger partial charge < -0.3 is 4.90 Å². The zero-order chi connectivity index (χ0) is 17.3. The van der Waals surface area contributed by atoms with E-state index < -0.39 is 28.5 Å². The average molecular weight is 380 g/mol. The van der Waals surface area contributed by atoms with Crippen molar-refractivity contribution in [2.75, 3.05) is 18.1 Å². The normalized spacial score (nSPS) is 28.3. The highest BCUT2D eigenvalue weighted by Crippen LogP contribution is 2.30. The van der Waals surface area contributed by atoms with E-state index in [-0.39, 0.29) is 18.5 Å². The summed E-state index contributed by atoms with van der Waals surface area (Å²) in [6.45, 7) is 0.187. The van der Waals surface area contributed by atoms with Crippen LogP contribution in [-0.4, -0.2) is 71.0 Å². The Kier molecular flexibility index (Phi) is 5.20. The maximum atomic E-state index is 12.4. The topological polar surface area (TPSA) is 128 Å². The molecule has 2 bridgehead atoms. The minimum atomic E-state index is -4.78. The van der Waals surface area contributed by atoms with Gasteiger partial charge in [0.2, 0.25) is 0 Å². The number of rotatable bonds is 5. The van der Waals surface area contributed by atoms with E-state index in [0.717, 1.165) is 24.3 Å². The Morgan fingerprint density at radius 1 is 1.25 bits per heavy atom. The molecule has 3 aliphatic rings. The van der Waals surface area contributed by atoms with Crippen molar-refractivity contribution in [1.29, 1.82) is 0 Å². The van der Waals surface area contributed by atoms with E-state index in [0.29, 0.717) is 17.9 Å². The summed E-state index contributed by atoms with van der Waals surface area (Å²) in [6.07, 6.45) is 2.75. The lowest BCUT2D eigenvalue weighted by Crippen LogP contribution is -2.55. The van der Waals surface area contributed by atoms with Crippen molar-refractivity contribution in [1.82, 2.24) is 20.8 Å². The Morgan fingerprint density at radius 3 is 2.62 bits per heavy atom. The van der Waals surface area contributed by atoms with Crippen LogP contribution in [0.5, 0.6) is 0 Å². The number of hydroxylamine groups is 2. The summed E-state index contributed by atoms with van der Waals surface area (Å²) in [5, 5.41) is 0.633. The second-order valence-electron chi connectivity index (χ2n) is 6.03. The highest BCUT2D eigenvalue weighted by Gasteiger charge is 2.49. The van der Waals surface area contributed by atoms with E-state index in [4.69, 9.17) is 4.55 Å². The number of hydrazine groups is 1. The molecule has 3 N–H and O–H groups in total. The van der Waals surface area contributed by atoms with Crippen LogP contribution < -0.4 is 10.9 Å². The predicted molar refractivity (Wildman–Crippen MR) is 85.0 cm³/mol. The van der Waals surface area contributed by atoms with Crippen molar-refractivity contribution in [2.24, 2.45) is 0 Å². The van der Waals surface area contributed by atoms with E-state index in [1.807, 2.05) is 11.8 Å². The third-order valence-corrected chi connectivity index (χ3v) is 5.82. The van der Waals surface area contributed by atoms with E-state index in [2.05, 4.69) is 15.1 Å². The molecule has 10 nitrogen and oxygen atoms in total. The number of piperidine rings is 1. The van der Waals surface area contributed by atoms with Gasteiger partial charge >= 0.3 is 16.4 Å². The molecule has 2 atom stereocenters. The van der Waals surface area contributed by atoms with Gasteiger partial charge in [-0.2, -0.15) is 25.2 Å². The molecule has 3 rings (SSSR count).